The highest BCUT2D eigenvalue weighted by atomic mass is 35.5. The van der Waals surface area contributed by atoms with Crippen molar-refractivity contribution in [2.75, 3.05) is 25.6 Å². The molecule has 0 bridgehead atoms. The van der Waals surface area contributed by atoms with Crippen molar-refractivity contribution in [1.82, 2.24) is 5.32 Å². The summed E-state index contributed by atoms with van der Waals surface area (Å²) < 4.78 is 18.3. The molecule has 1 aromatic carbocycles. The molecule has 0 aliphatic heterocycles. The van der Waals surface area contributed by atoms with E-state index < -0.39 is 11.7 Å². The molecule has 17 heavy (non-hydrogen) atoms. The fourth-order valence-corrected chi connectivity index (χ4v) is 1.44. The summed E-state index contributed by atoms with van der Waals surface area (Å²) in [7, 11) is 0. The predicted molar refractivity (Wildman–Crippen MR) is 65.3 cm³/mol. The standard InChI is InChI=1S/C11H12Cl2FNO2/c12-3-5-17-6-4-15-11(16)9-7-8(13)1-2-10(9)14/h1-2,7H,3-6H2,(H,15,16). The van der Waals surface area contributed by atoms with Crippen molar-refractivity contribution in [1.29, 1.82) is 0 Å². The maximum atomic E-state index is 13.3. The summed E-state index contributed by atoms with van der Waals surface area (Å²) >= 11 is 11.1. The van der Waals surface area contributed by atoms with E-state index in [0.29, 0.717) is 30.7 Å². The fraction of sp³-hybridized carbons (Fsp3) is 0.364. The van der Waals surface area contributed by atoms with Crippen molar-refractivity contribution < 1.29 is 13.9 Å². The number of halogens is 3. The van der Waals surface area contributed by atoms with Crippen LogP contribution in [0.2, 0.25) is 5.02 Å². The van der Waals surface area contributed by atoms with Crippen molar-refractivity contribution >= 4 is 29.1 Å². The Labute approximate surface area is 109 Å². The molecule has 0 atom stereocenters. The zero-order valence-electron chi connectivity index (χ0n) is 9.01. The highest BCUT2D eigenvalue weighted by Crippen LogP contribution is 2.14. The van der Waals surface area contributed by atoms with Gasteiger partial charge >= 0.3 is 0 Å². The molecule has 0 spiro atoms. The minimum atomic E-state index is -0.603. The van der Waals surface area contributed by atoms with E-state index in [1.54, 1.807) is 0 Å². The second-order valence-corrected chi connectivity index (χ2v) is 4.00. The SMILES string of the molecule is O=C(NCCOCCCl)c1cc(Cl)ccc1F. The number of hydrogen-bond donors (Lipinski definition) is 1. The van der Waals surface area contributed by atoms with Crippen LogP contribution in [0.5, 0.6) is 0 Å². The molecule has 0 aliphatic rings. The average molecular weight is 280 g/mol. The molecule has 6 heteroatoms. The van der Waals surface area contributed by atoms with Crippen molar-refractivity contribution in [3.63, 3.8) is 0 Å². The van der Waals surface area contributed by atoms with Gasteiger partial charge in [0, 0.05) is 17.4 Å². The van der Waals surface area contributed by atoms with E-state index >= 15 is 0 Å². The number of nitrogens with one attached hydrogen (secondary N) is 1. The zero-order chi connectivity index (χ0) is 12.7. The molecule has 1 rings (SSSR count). The van der Waals surface area contributed by atoms with E-state index in [4.69, 9.17) is 27.9 Å². The van der Waals surface area contributed by atoms with Crippen molar-refractivity contribution in [2.45, 2.75) is 0 Å². The van der Waals surface area contributed by atoms with Crippen LogP contribution in [0.25, 0.3) is 0 Å². The van der Waals surface area contributed by atoms with Crippen molar-refractivity contribution in [3.05, 3.63) is 34.6 Å². The molecule has 0 fully saturated rings. The number of ether oxygens (including phenoxy) is 1. The third kappa shape index (κ3) is 4.89. The van der Waals surface area contributed by atoms with Gasteiger partial charge in [0.25, 0.3) is 5.91 Å². The Bertz CT molecular complexity index is 388. The molecule has 3 nitrogen and oxygen atoms in total. The van der Waals surface area contributed by atoms with E-state index in [1.807, 2.05) is 0 Å². The normalized spacial score (nSPS) is 10.3. The van der Waals surface area contributed by atoms with Gasteiger partial charge in [-0.15, -0.1) is 11.6 Å². The average Bonchev–Trinajstić information content (AvgIpc) is 2.32. The third-order valence-corrected chi connectivity index (χ3v) is 2.32. The Balaban J connectivity index is 2.44. The Morgan fingerprint density at radius 3 is 2.88 bits per heavy atom. The summed E-state index contributed by atoms with van der Waals surface area (Å²) in [4.78, 5) is 11.6. The molecule has 1 aromatic rings. The summed E-state index contributed by atoms with van der Waals surface area (Å²) in [6.45, 7) is 1.05. The molecule has 94 valence electrons. The molecule has 0 radical (unpaired) electrons. The van der Waals surface area contributed by atoms with Crippen LogP contribution in [0.1, 0.15) is 10.4 Å². The Kier molecular flexibility index (Phi) is 6.26. The smallest absolute Gasteiger partial charge is 0.254 e. The number of amides is 1. The van der Waals surface area contributed by atoms with Crippen molar-refractivity contribution in [3.8, 4) is 0 Å². The van der Waals surface area contributed by atoms with Gasteiger partial charge in [-0.2, -0.15) is 0 Å². The monoisotopic (exact) mass is 279 g/mol. The van der Waals surface area contributed by atoms with Gasteiger partial charge in [-0.1, -0.05) is 11.6 Å². The summed E-state index contributed by atoms with van der Waals surface area (Å²) in [5, 5.41) is 2.83. The summed E-state index contributed by atoms with van der Waals surface area (Å²) in [5.41, 5.74) is -0.0742. The van der Waals surface area contributed by atoms with E-state index in [-0.39, 0.29) is 5.56 Å². The molecule has 0 aliphatic carbocycles. The highest BCUT2D eigenvalue weighted by molar-refractivity contribution is 6.31. The lowest BCUT2D eigenvalue weighted by atomic mass is 10.2. The Morgan fingerprint density at radius 2 is 2.18 bits per heavy atom. The molecular weight excluding hydrogens is 268 g/mol. The van der Waals surface area contributed by atoms with Gasteiger partial charge in [-0.3, -0.25) is 4.79 Å². The molecule has 0 saturated heterocycles. The number of carbonyl (C=O) groups excluding carboxylic acids is 1. The maximum absolute atomic E-state index is 13.3. The maximum Gasteiger partial charge on any atom is 0.254 e. The van der Waals surface area contributed by atoms with Gasteiger partial charge < -0.3 is 10.1 Å². The first-order valence-electron chi connectivity index (χ1n) is 5.02. The first-order chi connectivity index (χ1) is 8.15. The fourth-order valence-electron chi connectivity index (χ4n) is 1.16. The lowest BCUT2D eigenvalue weighted by Gasteiger charge is -2.06. The van der Waals surface area contributed by atoms with Gasteiger partial charge in [0.2, 0.25) is 0 Å². The molecule has 0 unspecified atom stereocenters. The second kappa shape index (κ2) is 7.48. The minimum Gasteiger partial charge on any atom is -0.378 e. The molecule has 1 N–H and O–H groups in total. The number of carbonyl (C=O) groups is 1. The topological polar surface area (TPSA) is 38.3 Å². The van der Waals surface area contributed by atoms with E-state index in [9.17, 15) is 9.18 Å². The lowest BCUT2D eigenvalue weighted by Crippen LogP contribution is -2.28. The first-order valence-corrected chi connectivity index (χ1v) is 5.93. The third-order valence-electron chi connectivity index (χ3n) is 1.93. The van der Waals surface area contributed by atoms with Crippen LogP contribution in [-0.2, 0) is 4.74 Å². The molecule has 0 aromatic heterocycles. The van der Waals surface area contributed by atoms with Crippen LogP contribution in [0.4, 0.5) is 4.39 Å². The van der Waals surface area contributed by atoms with Crippen LogP contribution >= 0.6 is 23.2 Å². The van der Waals surface area contributed by atoms with Crippen LogP contribution < -0.4 is 5.32 Å². The largest absolute Gasteiger partial charge is 0.378 e. The van der Waals surface area contributed by atoms with E-state index in [2.05, 4.69) is 5.32 Å². The summed E-state index contributed by atoms with van der Waals surface area (Å²) in [6.07, 6.45) is 0. The summed E-state index contributed by atoms with van der Waals surface area (Å²) in [5.74, 6) is -0.718. The first kappa shape index (κ1) is 14.2. The van der Waals surface area contributed by atoms with Gasteiger partial charge in [0.05, 0.1) is 18.8 Å². The van der Waals surface area contributed by atoms with Gasteiger partial charge in [-0.05, 0) is 18.2 Å². The number of rotatable bonds is 6. The lowest BCUT2D eigenvalue weighted by molar-refractivity contribution is 0.0919. The van der Waals surface area contributed by atoms with Crippen molar-refractivity contribution in [2.24, 2.45) is 0 Å². The van der Waals surface area contributed by atoms with E-state index in [1.165, 1.54) is 12.1 Å². The van der Waals surface area contributed by atoms with Crippen LogP contribution in [0, 0.1) is 5.82 Å². The minimum absolute atomic E-state index is 0.0742. The van der Waals surface area contributed by atoms with Gasteiger partial charge in [0.1, 0.15) is 5.82 Å². The van der Waals surface area contributed by atoms with Gasteiger partial charge in [0.15, 0.2) is 0 Å². The van der Waals surface area contributed by atoms with Crippen LogP contribution in [0.3, 0.4) is 0 Å². The highest BCUT2D eigenvalue weighted by Gasteiger charge is 2.11. The molecule has 0 heterocycles. The summed E-state index contributed by atoms with van der Waals surface area (Å²) in [6, 6.07) is 3.82. The molecular formula is C11H12Cl2FNO2. The predicted octanol–water partition coefficient (Wildman–Crippen LogP) is 2.46. The van der Waals surface area contributed by atoms with Gasteiger partial charge in [-0.25, -0.2) is 4.39 Å². The second-order valence-electron chi connectivity index (χ2n) is 3.18. The van der Waals surface area contributed by atoms with Crippen LogP contribution in [-0.4, -0.2) is 31.5 Å². The Morgan fingerprint density at radius 1 is 1.41 bits per heavy atom. The number of hydrogen-bond acceptors (Lipinski definition) is 2. The Hall–Kier alpha value is -0.840. The molecule has 1 amide bonds. The number of alkyl halides is 1. The van der Waals surface area contributed by atoms with E-state index in [0.717, 1.165) is 6.07 Å². The quantitative estimate of drug-likeness (QED) is 0.642. The number of benzene rings is 1. The van der Waals surface area contributed by atoms with Crippen LogP contribution in [0.15, 0.2) is 18.2 Å². The molecule has 0 saturated carbocycles. The zero-order valence-corrected chi connectivity index (χ0v) is 10.5.